The van der Waals surface area contributed by atoms with E-state index in [1.54, 1.807) is 0 Å². The maximum absolute atomic E-state index is 12.7. The summed E-state index contributed by atoms with van der Waals surface area (Å²) < 4.78 is 0. The zero-order valence-corrected chi connectivity index (χ0v) is 12.4. The number of nitrogens with zero attached hydrogens (tertiary/aromatic N) is 2. The van der Waals surface area contributed by atoms with Crippen molar-refractivity contribution < 1.29 is 4.79 Å². The second-order valence-corrected chi connectivity index (χ2v) is 6.23. The van der Waals surface area contributed by atoms with Crippen LogP contribution in [-0.2, 0) is 0 Å². The Kier molecular flexibility index (Phi) is 5.08. The number of nitrogens with two attached hydrogens (primary N) is 1. The number of hydrogen-bond donors (Lipinski definition) is 1. The van der Waals surface area contributed by atoms with Gasteiger partial charge in [-0.15, -0.1) is 0 Å². The molecule has 2 rings (SSSR count). The summed E-state index contributed by atoms with van der Waals surface area (Å²) in [6.45, 7) is 2.44. The molecule has 1 saturated heterocycles. The molecule has 19 heavy (non-hydrogen) atoms. The zero-order valence-electron chi connectivity index (χ0n) is 12.4. The molecular formula is C15H29N3O. The third-order valence-corrected chi connectivity index (χ3v) is 5.04. The number of likely N-dealkylation sites (N-methyl/N-ethyl adjacent to an activating group) is 1. The van der Waals surface area contributed by atoms with Gasteiger partial charge in [0.15, 0.2) is 0 Å². The average molecular weight is 267 g/mol. The Hall–Kier alpha value is -0.770. The number of rotatable bonds is 2. The standard InChI is InChI=1S/C15H29N3O/c1-17(14(19)18-11-7-4-8-12-18)15(13-16)9-5-2-3-6-10-15/h2-13,16H2,1H3. The molecule has 1 aliphatic heterocycles. The van der Waals surface area contributed by atoms with E-state index in [0.29, 0.717) is 6.54 Å². The van der Waals surface area contributed by atoms with Crippen molar-refractivity contribution in [3.8, 4) is 0 Å². The minimum Gasteiger partial charge on any atom is -0.328 e. The Morgan fingerprint density at radius 3 is 2.11 bits per heavy atom. The molecule has 1 saturated carbocycles. The predicted molar refractivity (Wildman–Crippen MR) is 78.1 cm³/mol. The lowest BCUT2D eigenvalue weighted by molar-refractivity contribution is 0.0899. The van der Waals surface area contributed by atoms with Crippen molar-refractivity contribution in [3.63, 3.8) is 0 Å². The summed E-state index contributed by atoms with van der Waals surface area (Å²) in [5, 5.41) is 0. The lowest BCUT2D eigenvalue weighted by atomic mass is 9.88. The molecule has 1 aliphatic carbocycles. The van der Waals surface area contributed by atoms with E-state index in [-0.39, 0.29) is 11.6 Å². The van der Waals surface area contributed by atoms with E-state index in [1.807, 2.05) is 16.8 Å². The minimum atomic E-state index is -0.0922. The fourth-order valence-electron chi connectivity index (χ4n) is 3.56. The first kappa shape index (κ1) is 14.6. The zero-order chi connectivity index (χ0) is 13.7. The van der Waals surface area contributed by atoms with Crippen molar-refractivity contribution >= 4 is 6.03 Å². The van der Waals surface area contributed by atoms with Crippen LogP contribution in [-0.4, -0.2) is 48.1 Å². The fraction of sp³-hybridized carbons (Fsp3) is 0.933. The first-order chi connectivity index (χ1) is 9.19. The second kappa shape index (κ2) is 6.60. The van der Waals surface area contributed by atoms with Gasteiger partial charge < -0.3 is 15.5 Å². The molecule has 2 N–H and O–H groups in total. The molecule has 0 unspecified atom stereocenters. The highest BCUT2D eigenvalue weighted by atomic mass is 16.2. The third kappa shape index (κ3) is 3.22. The van der Waals surface area contributed by atoms with E-state index in [1.165, 1.54) is 32.1 Å². The van der Waals surface area contributed by atoms with E-state index in [2.05, 4.69) is 0 Å². The van der Waals surface area contributed by atoms with Gasteiger partial charge in [-0.1, -0.05) is 25.7 Å². The maximum Gasteiger partial charge on any atom is 0.320 e. The average Bonchev–Trinajstić information content (AvgIpc) is 2.73. The molecule has 0 aromatic carbocycles. The molecule has 2 aliphatic rings. The smallest absolute Gasteiger partial charge is 0.320 e. The monoisotopic (exact) mass is 267 g/mol. The molecule has 2 fully saturated rings. The maximum atomic E-state index is 12.7. The van der Waals surface area contributed by atoms with Crippen molar-refractivity contribution in [1.82, 2.24) is 9.80 Å². The molecule has 4 heteroatoms. The van der Waals surface area contributed by atoms with E-state index < -0.39 is 0 Å². The Labute approximate surface area is 117 Å². The summed E-state index contributed by atoms with van der Waals surface area (Å²) in [6, 6.07) is 0.201. The van der Waals surface area contributed by atoms with Crippen LogP contribution in [0, 0.1) is 0 Å². The topological polar surface area (TPSA) is 49.6 Å². The highest BCUT2D eigenvalue weighted by Gasteiger charge is 2.38. The largest absolute Gasteiger partial charge is 0.328 e. The Morgan fingerprint density at radius 2 is 1.58 bits per heavy atom. The lowest BCUT2D eigenvalue weighted by Crippen LogP contribution is -2.58. The van der Waals surface area contributed by atoms with Crippen LogP contribution in [0.2, 0.25) is 0 Å². The minimum absolute atomic E-state index is 0.0922. The predicted octanol–water partition coefficient (Wildman–Crippen LogP) is 2.58. The molecule has 0 spiro atoms. The van der Waals surface area contributed by atoms with E-state index in [9.17, 15) is 4.79 Å². The van der Waals surface area contributed by atoms with Crippen molar-refractivity contribution in [1.29, 1.82) is 0 Å². The van der Waals surface area contributed by atoms with Gasteiger partial charge in [-0.2, -0.15) is 0 Å². The molecule has 0 aromatic heterocycles. The summed E-state index contributed by atoms with van der Waals surface area (Å²) in [4.78, 5) is 16.7. The number of amides is 2. The van der Waals surface area contributed by atoms with Gasteiger partial charge in [-0.25, -0.2) is 4.79 Å². The molecule has 2 amide bonds. The van der Waals surface area contributed by atoms with Crippen molar-refractivity contribution in [2.24, 2.45) is 5.73 Å². The molecular weight excluding hydrogens is 238 g/mol. The first-order valence-corrected chi connectivity index (χ1v) is 7.92. The van der Waals surface area contributed by atoms with Crippen molar-refractivity contribution in [3.05, 3.63) is 0 Å². The molecule has 4 nitrogen and oxygen atoms in total. The first-order valence-electron chi connectivity index (χ1n) is 7.92. The normalized spacial score (nSPS) is 23.8. The fourth-order valence-corrected chi connectivity index (χ4v) is 3.56. The van der Waals surface area contributed by atoms with Gasteiger partial charge in [0.2, 0.25) is 0 Å². The van der Waals surface area contributed by atoms with Crippen LogP contribution in [0.25, 0.3) is 0 Å². The van der Waals surface area contributed by atoms with Gasteiger partial charge in [0.1, 0.15) is 0 Å². The van der Waals surface area contributed by atoms with Gasteiger partial charge >= 0.3 is 6.03 Å². The van der Waals surface area contributed by atoms with Crippen LogP contribution in [0.5, 0.6) is 0 Å². The van der Waals surface area contributed by atoms with Crippen LogP contribution in [0.15, 0.2) is 0 Å². The van der Waals surface area contributed by atoms with Crippen LogP contribution in [0.4, 0.5) is 4.79 Å². The third-order valence-electron chi connectivity index (χ3n) is 5.04. The van der Waals surface area contributed by atoms with Crippen LogP contribution in [0.3, 0.4) is 0 Å². The summed E-state index contributed by atoms with van der Waals surface area (Å²) in [5.74, 6) is 0. The molecule has 0 radical (unpaired) electrons. The van der Waals surface area contributed by atoms with Crippen LogP contribution >= 0.6 is 0 Å². The summed E-state index contributed by atoms with van der Waals surface area (Å²) in [5.41, 5.74) is 5.97. The van der Waals surface area contributed by atoms with Gasteiger partial charge in [0.25, 0.3) is 0 Å². The molecule has 1 heterocycles. The number of carbonyl (C=O) groups excluding carboxylic acids is 1. The summed E-state index contributed by atoms with van der Waals surface area (Å²) in [7, 11) is 1.97. The molecule has 0 atom stereocenters. The van der Waals surface area contributed by atoms with Crippen molar-refractivity contribution in [2.75, 3.05) is 26.7 Å². The van der Waals surface area contributed by atoms with Gasteiger partial charge in [0, 0.05) is 26.7 Å². The summed E-state index contributed by atoms with van der Waals surface area (Å²) >= 11 is 0. The highest BCUT2D eigenvalue weighted by Crippen LogP contribution is 2.32. The quantitative estimate of drug-likeness (QED) is 0.782. The number of hydrogen-bond acceptors (Lipinski definition) is 2. The highest BCUT2D eigenvalue weighted by molar-refractivity contribution is 5.75. The molecule has 0 bridgehead atoms. The number of urea groups is 1. The summed E-state index contributed by atoms with van der Waals surface area (Å²) in [6.07, 6.45) is 10.7. The number of piperidine rings is 1. The molecule has 0 aromatic rings. The molecule has 110 valence electrons. The SMILES string of the molecule is CN(C(=O)N1CCCCC1)C1(CN)CCCCCC1. The van der Waals surface area contributed by atoms with E-state index >= 15 is 0 Å². The Morgan fingerprint density at radius 1 is 1.05 bits per heavy atom. The van der Waals surface area contributed by atoms with E-state index in [4.69, 9.17) is 5.73 Å². The van der Waals surface area contributed by atoms with Crippen LogP contribution < -0.4 is 5.73 Å². The number of likely N-dealkylation sites (tertiary alicyclic amines) is 1. The van der Waals surface area contributed by atoms with Gasteiger partial charge in [-0.05, 0) is 32.1 Å². The second-order valence-electron chi connectivity index (χ2n) is 6.23. The van der Waals surface area contributed by atoms with Gasteiger partial charge in [0.05, 0.1) is 5.54 Å². The Bertz CT molecular complexity index is 292. The van der Waals surface area contributed by atoms with Crippen molar-refractivity contribution in [2.45, 2.75) is 63.3 Å². The lowest BCUT2D eigenvalue weighted by Gasteiger charge is -2.43. The number of carbonyl (C=O) groups is 1. The van der Waals surface area contributed by atoms with Gasteiger partial charge in [-0.3, -0.25) is 0 Å². The van der Waals surface area contributed by atoms with Crippen LogP contribution in [0.1, 0.15) is 57.8 Å². The Balaban J connectivity index is 2.05. The van der Waals surface area contributed by atoms with E-state index in [0.717, 1.165) is 38.8 Å².